The Balaban J connectivity index is 1.83. The van der Waals surface area contributed by atoms with Crippen LogP contribution >= 0.6 is 0 Å². The molecule has 0 bridgehead atoms. The van der Waals surface area contributed by atoms with Gasteiger partial charge in [0, 0.05) is 56.2 Å². The van der Waals surface area contributed by atoms with Crippen LogP contribution in [0, 0.1) is 0 Å². The van der Waals surface area contributed by atoms with Crippen molar-refractivity contribution in [2.75, 3.05) is 24.5 Å². The molecule has 1 N–H and O–H groups in total. The average molecular weight is 296 g/mol. The molecule has 114 valence electrons. The van der Waals surface area contributed by atoms with Gasteiger partial charge in [-0.1, -0.05) is 0 Å². The summed E-state index contributed by atoms with van der Waals surface area (Å²) in [5.74, 6) is 0. The van der Waals surface area contributed by atoms with E-state index in [1.807, 2.05) is 34.8 Å². The van der Waals surface area contributed by atoms with E-state index < -0.39 is 0 Å². The Labute approximate surface area is 129 Å². The molecule has 0 aliphatic carbocycles. The molecule has 6 nitrogen and oxygen atoms in total. The molecule has 4 heterocycles. The van der Waals surface area contributed by atoms with E-state index in [9.17, 15) is 0 Å². The predicted molar refractivity (Wildman–Crippen MR) is 87.1 cm³/mol. The van der Waals surface area contributed by atoms with Crippen LogP contribution in [0.3, 0.4) is 0 Å². The van der Waals surface area contributed by atoms with Crippen molar-refractivity contribution in [3.05, 3.63) is 36.9 Å². The molecule has 0 saturated carbocycles. The van der Waals surface area contributed by atoms with E-state index in [-0.39, 0.29) is 0 Å². The van der Waals surface area contributed by atoms with Crippen molar-refractivity contribution < 1.29 is 0 Å². The molecule has 0 radical (unpaired) electrons. The smallest absolute Gasteiger partial charge is 0.0895 e. The summed E-state index contributed by atoms with van der Waals surface area (Å²) >= 11 is 0. The Morgan fingerprint density at radius 1 is 1.23 bits per heavy atom. The summed E-state index contributed by atoms with van der Waals surface area (Å²) in [5.41, 5.74) is 4.66. The van der Waals surface area contributed by atoms with Crippen LogP contribution in [0.5, 0.6) is 0 Å². The SMILES string of the molecule is C[C@H]1CN(c2cc(-c3cnn(C)c3)cn3nccc23)CCN1. The lowest BCUT2D eigenvalue weighted by Crippen LogP contribution is -2.49. The second kappa shape index (κ2) is 5.14. The molecule has 0 spiro atoms. The van der Waals surface area contributed by atoms with E-state index in [0.29, 0.717) is 6.04 Å². The van der Waals surface area contributed by atoms with Crippen LogP contribution < -0.4 is 10.2 Å². The van der Waals surface area contributed by atoms with Gasteiger partial charge in [0.05, 0.1) is 23.6 Å². The second-order valence-corrected chi connectivity index (χ2v) is 5.98. The van der Waals surface area contributed by atoms with Crippen molar-refractivity contribution in [2.24, 2.45) is 7.05 Å². The third kappa shape index (κ3) is 2.25. The fourth-order valence-corrected chi connectivity index (χ4v) is 3.14. The van der Waals surface area contributed by atoms with Gasteiger partial charge in [-0.3, -0.25) is 4.68 Å². The number of pyridine rings is 1. The van der Waals surface area contributed by atoms with Gasteiger partial charge in [0.2, 0.25) is 0 Å². The molecule has 1 fully saturated rings. The summed E-state index contributed by atoms with van der Waals surface area (Å²) in [4.78, 5) is 2.44. The molecule has 4 rings (SSSR count). The Morgan fingerprint density at radius 2 is 2.14 bits per heavy atom. The van der Waals surface area contributed by atoms with Gasteiger partial charge in [-0.15, -0.1) is 0 Å². The topological polar surface area (TPSA) is 50.4 Å². The number of hydrogen-bond donors (Lipinski definition) is 1. The number of nitrogens with zero attached hydrogens (tertiary/aromatic N) is 5. The number of nitrogens with one attached hydrogen (secondary N) is 1. The monoisotopic (exact) mass is 296 g/mol. The number of fused-ring (bicyclic) bond motifs is 1. The van der Waals surface area contributed by atoms with Crippen LogP contribution in [-0.2, 0) is 7.05 Å². The fourth-order valence-electron chi connectivity index (χ4n) is 3.14. The van der Waals surface area contributed by atoms with Crippen molar-refractivity contribution in [2.45, 2.75) is 13.0 Å². The van der Waals surface area contributed by atoms with Crippen molar-refractivity contribution in [3.63, 3.8) is 0 Å². The van der Waals surface area contributed by atoms with E-state index in [4.69, 9.17) is 0 Å². The van der Waals surface area contributed by atoms with Gasteiger partial charge >= 0.3 is 0 Å². The maximum Gasteiger partial charge on any atom is 0.0895 e. The number of anilines is 1. The molecule has 3 aromatic heterocycles. The first-order chi connectivity index (χ1) is 10.7. The van der Waals surface area contributed by atoms with Crippen LogP contribution in [0.2, 0.25) is 0 Å². The minimum Gasteiger partial charge on any atom is -0.367 e. The zero-order valence-corrected chi connectivity index (χ0v) is 12.9. The molecule has 0 amide bonds. The molecule has 1 saturated heterocycles. The molecule has 22 heavy (non-hydrogen) atoms. The number of piperazine rings is 1. The third-order valence-electron chi connectivity index (χ3n) is 4.23. The first kappa shape index (κ1) is 13.3. The van der Waals surface area contributed by atoms with Gasteiger partial charge in [-0.25, -0.2) is 4.52 Å². The molecule has 0 aromatic carbocycles. The highest BCUT2D eigenvalue weighted by Gasteiger charge is 2.19. The highest BCUT2D eigenvalue weighted by atomic mass is 15.3. The van der Waals surface area contributed by atoms with Gasteiger partial charge < -0.3 is 10.2 Å². The maximum absolute atomic E-state index is 4.43. The Kier molecular flexibility index (Phi) is 3.11. The van der Waals surface area contributed by atoms with Crippen LogP contribution in [0.4, 0.5) is 5.69 Å². The summed E-state index contributed by atoms with van der Waals surface area (Å²) in [5, 5.41) is 12.2. The molecule has 1 aliphatic heterocycles. The minimum absolute atomic E-state index is 0.499. The minimum atomic E-state index is 0.499. The summed E-state index contributed by atoms with van der Waals surface area (Å²) < 4.78 is 3.79. The third-order valence-corrected chi connectivity index (χ3v) is 4.23. The van der Waals surface area contributed by atoms with E-state index in [0.717, 1.165) is 36.3 Å². The number of aryl methyl sites for hydroxylation is 1. The number of rotatable bonds is 2. The van der Waals surface area contributed by atoms with Crippen LogP contribution in [-0.4, -0.2) is 45.1 Å². The van der Waals surface area contributed by atoms with Crippen molar-refractivity contribution >= 4 is 11.2 Å². The molecule has 3 aromatic rings. The molecular weight excluding hydrogens is 276 g/mol. The first-order valence-electron chi connectivity index (χ1n) is 7.65. The summed E-state index contributed by atoms with van der Waals surface area (Å²) in [6, 6.07) is 4.83. The fraction of sp³-hybridized carbons (Fsp3) is 0.375. The zero-order chi connectivity index (χ0) is 15.1. The van der Waals surface area contributed by atoms with Crippen LogP contribution in [0.15, 0.2) is 36.9 Å². The lowest BCUT2D eigenvalue weighted by atomic mass is 10.1. The highest BCUT2D eigenvalue weighted by molar-refractivity contribution is 5.79. The quantitative estimate of drug-likeness (QED) is 0.779. The average Bonchev–Trinajstić information content (AvgIpc) is 3.14. The molecule has 6 heteroatoms. The number of hydrogen-bond acceptors (Lipinski definition) is 4. The Morgan fingerprint density at radius 3 is 2.91 bits per heavy atom. The predicted octanol–water partition coefficient (Wildman–Crippen LogP) is 1.53. The highest BCUT2D eigenvalue weighted by Crippen LogP contribution is 2.29. The van der Waals surface area contributed by atoms with Gasteiger partial charge in [0.15, 0.2) is 0 Å². The lowest BCUT2D eigenvalue weighted by molar-refractivity contribution is 0.485. The first-order valence-corrected chi connectivity index (χ1v) is 7.65. The van der Waals surface area contributed by atoms with Gasteiger partial charge in [-0.2, -0.15) is 10.2 Å². The van der Waals surface area contributed by atoms with Gasteiger partial charge in [-0.05, 0) is 19.1 Å². The van der Waals surface area contributed by atoms with E-state index in [1.165, 1.54) is 5.69 Å². The maximum atomic E-state index is 4.43. The normalized spacial score (nSPS) is 19.0. The number of aromatic nitrogens is 4. The standard InChI is InChI=1S/C16H20N6/c1-12-9-21(6-5-17-12)16-7-13(14-8-19-20(2)10-14)11-22-15(16)3-4-18-22/h3-4,7-8,10-12,17H,5-6,9H2,1-2H3/t12-/m0/s1. The molecule has 1 atom stereocenters. The van der Waals surface area contributed by atoms with Crippen molar-refractivity contribution in [1.82, 2.24) is 24.7 Å². The molecule has 0 unspecified atom stereocenters. The zero-order valence-electron chi connectivity index (χ0n) is 12.9. The Bertz CT molecular complexity index is 802. The van der Waals surface area contributed by atoms with Crippen molar-refractivity contribution in [1.29, 1.82) is 0 Å². The molecular formula is C16H20N6. The van der Waals surface area contributed by atoms with Gasteiger partial charge in [0.1, 0.15) is 0 Å². The van der Waals surface area contributed by atoms with E-state index in [1.54, 1.807) is 0 Å². The Hall–Kier alpha value is -2.34. The molecule has 1 aliphatic rings. The second-order valence-electron chi connectivity index (χ2n) is 5.98. The van der Waals surface area contributed by atoms with E-state index >= 15 is 0 Å². The lowest BCUT2D eigenvalue weighted by Gasteiger charge is -2.34. The van der Waals surface area contributed by atoms with Crippen molar-refractivity contribution in [3.8, 4) is 11.1 Å². The summed E-state index contributed by atoms with van der Waals surface area (Å²) in [6.45, 7) is 5.27. The van der Waals surface area contributed by atoms with Crippen LogP contribution in [0.1, 0.15) is 6.92 Å². The van der Waals surface area contributed by atoms with Crippen LogP contribution in [0.25, 0.3) is 16.6 Å². The van der Waals surface area contributed by atoms with Gasteiger partial charge in [0.25, 0.3) is 0 Å². The largest absolute Gasteiger partial charge is 0.367 e. The summed E-state index contributed by atoms with van der Waals surface area (Å²) in [7, 11) is 1.94. The summed E-state index contributed by atoms with van der Waals surface area (Å²) in [6.07, 6.45) is 7.86. The van der Waals surface area contributed by atoms with E-state index in [2.05, 4.69) is 45.7 Å².